The van der Waals surface area contributed by atoms with Crippen molar-refractivity contribution in [3.63, 3.8) is 0 Å². The van der Waals surface area contributed by atoms with Crippen LogP contribution in [0.5, 0.6) is 0 Å². The topological polar surface area (TPSA) is 97.9 Å². The number of hydrogen-bond donors (Lipinski definition) is 0. The minimum Gasteiger partial charge on any atom is -0.354 e. The highest BCUT2D eigenvalue weighted by Gasteiger charge is 2.52. The van der Waals surface area contributed by atoms with E-state index in [1.54, 1.807) is 24.1 Å². The van der Waals surface area contributed by atoms with Crippen LogP contribution in [0.25, 0.3) is 0 Å². The molecule has 0 N–H and O–H groups in total. The van der Waals surface area contributed by atoms with E-state index in [9.17, 15) is 4.79 Å². The number of hydrogen-bond acceptors (Lipinski definition) is 7. The third kappa shape index (κ3) is 2.70. The summed E-state index contributed by atoms with van der Waals surface area (Å²) in [5.41, 5.74) is 2.02. The van der Waals surface area contributed by atoms with E-state index in [4.69, 9.17) is 4.98 Å². The van der Waals surface area contributed by atoms with Gasteiger partial charge in [0.05, 0.1) is 18.2 Å². The molecular formula is C19H23N9O. The molecule has 1 unspecified atom stereocenters. The monoisotopic (exact) mass is 393 g/mol. The summed E-state index contributed by atoms with van der Waals surface area (Å²) in [6.45, 7) is 3.94. The second-order valence-electron chi connectivity index (χ2n) is 7.80. The molecule has 1 amide bonds. The Hall–Kier alpha value is -3.30. The average Bonchev–Trinajstić information content (AvgIpc) is 3.42. The second-order valence-corrected chi connectivity index (χ2v) is 7.80. The fourth-order valence-electron chi connectivity index (χ4n) is 4.60. The summed E-state index contributed by atoms with van der Waals surface area (Å²) >= 11 is 0. The molecule has 10 nitrogen and oxygen atoms in total. The van der Waals surface area contributed by atoms with Crippen LogP contribution in [-0.4, -0.2) is 65.0 Å². The summed E-state index contributed by atoms with van der Waals surface area (Å²) in [5.74, 6) is 1.51. The Kier molecular flexibility index (Phi) is 3.90. The van der Waals surface area contributed by atoms with Crippen molar-refractivity contribution in [2.45, 2.75) is 25.3 Å². The van der Waals surface area contributed by atoms with Crippen molar-refractivity contribution in [3.05, 3.63) is 47.7 Å². The van der Waals surface area contributed by atoms with E-state index in [1.165, 1.54) is 5.69 Å². The number of aromatic nitrogens is 7. The molecule has 1 fully saturated rings. The largest absolute Gasteiger partial charge is 0.354 e. The van der Waals surface area contributed by atoms with Crippen LogP contribution in [0.2, 0.25) is 0 Å². The van der Waals surface area contributed by atoms with Gasteiger partial charge in [-0.2, -0.15) is 0 Å². The molecule has 3 aromatic rings. The summed E-state index contributed by atoms with van der Waals surface area (Å²) in [7, 11) is 3.78. The molecule has 0 bridgehead atoms. The van der Waals surface area contributed by atoms with Gasteiger partial charge in [-0.25, -0.2) is 15.0 Å². The van der Waals surface area contributed by atoms with Gasteiger partial charge in [0.15, 0.2) is 5.69 Å². The molecule has 0 saturated carbocycles. The maximum Gasteiger partial charge on any atom is 0.276 e. The first-order chi connectivity index (χ1) is 14.0. The third-order valence-electron chi connectivity index (χ3n) is 5.99. The van der Waals surface area contributed by atoms with E-state index >= 15 is 0 Å². The van der Waals surface area contributed by atoms with Gasteiger partial charge in [-0.05, 0) is 19.4 Å². The van der Waals surface area contributed by atoms with Crippen LogP contribution in [0.4, 0.5) is 5.82 Å². The maximum atomic E-state index is 13.4. The number of imidazole rings is 1. The van der Waals surface area contributed by atoms with E-state index < -0.39 is 5.54 Å². The van der Waals surface area contributed by atoms with Gasteiger partial charge in [-0.15, -0.1) is 5.10 Å². The Bertz CT molecular complexity index is 1090. The molecule has 0 aromatic carbocycles. The van der Waals surface area contributed by atoms with Crippen molar-refractivity contribution >= 4 is 11.7 Å². The summed E-state index contributed by atoms with van der Waals surface area (Å²) < 4.78 is 3.62. The minimum atomic E-state index is -0.512. The first-order valence-corrected chi connectivity index (χ1v) is 9.71. The lowest BCUT2D eigenvalue weighted by Gasteiger charge is -2.43. The Morgan fingerprint density at radius 3 is 2.83 bits per heavy atom. The van der Waals surface area contributed by atoms with Gasteiger partial charge in [0.1, 0.15) is 17.2 Å². The molecule has 1 atom stereocenters. The van der Waals surface area contributed by atoms with Gasteiger partial charge in [0.25, 0.3) is 5.91 Å². The Morgan fingerprint density at radius 2 is 2.07 bits per heavy atom. The lowest BCUT2D eigenvalue weighted by Crippen LogP contribution is -2.55. The number of amides is 1. The molecule has 0 aliphatic carbocycles. The zero-order valence-corrected chi connectivity index (χ0v) is 16.8. The molecule has 29 heavy (non-hydrogen) atoms. The normalized spacial score (nSPS) is 21.1. The van der Waals surface area contributed by atoms with Crippen molar-refractivity contribution in [1.29, 1.82) is 0 Å². The van der Waals surface area contributed by atoms with Crippen LogP contribution in [0.15, 0.2) is 24.8 Å². The molecule has 3 aromatic heterocycles. The van der Waals surface area contributed by atoms with Crippen LogP contribution < -0.4 is 4.90 Å². The smallest absolute Gasteiger partial charge is 0.276 e. The Balaban J connectivity index is 1.57. The number of carbonyl (C=O) groups excluding carboxylic acids is 1. The van der Waals surface area contributed by atoms with Crippen molar-refractivity contribution < 1.29 is 4.79 Å². The molecule has 10 heteroatoms. The van der Waals surface area contributed by atoms with E-state index in [0.717, 1.165) is 36.7 Å². The van der Waals surface area contributed by atoms with Crippen molar-refractivity contribution in [2.75, 3.05) is 24.5 Å². The molecule has 5 heterocycles. The van der Waals surface area contributed by atoms with Crippen LogP contribution in [0, 0.1) is 6.92 Å². The SMILES string of the molecule is Cc1nccc(N2CCC3(C2)c2ncn(C)c2CCN3C(=O)c2cn(C)nn2)n1. The summed E-state index contributed by atoms with van der Waals surface area (Å²) in [6.07, 6.45) is 6.85. The first kappa shape index (κ1) is 17.8. The van der Waals surface area contributed by atoms with Crippen molar-refractivity contribution in [1.82, 2.24) is 39.4 Å². The lowest BCUT2D eigenvalue weighted by molar-refractivity contribution is 0.0452. The van der Waals surface area contributed by atoms with Gasteiger partial charge >= 0.3 is 0 Å². The highest BCUT2D eigenvalue weighted by Crippen LogP contribution is 2.43. The zero-order chi connectivity index (χ0) is 20.2. The summed E-state index contributed by atoms with van der Waals surface area (Å²) in [5, 5.41) is 8.00. The van der Waals surface area contributed by atoms with Gasteiger partial charge in [0, 0.05) is 52.0 Å². The fourth-order valence-corrected chi connectivity index (χ4v) is 4.60. The van der Waals surface area contributed by atoms with Gasteiger partial charge in [-0.3, -0.25) is 9.48 Å². The third-order valence-corrected chi connectivity index (χ3v) is 5.99. The average molecular weight is 393 g/mol. The van der Waals surface area contributed by atoms with Crippen LogP contribution in [-0.2, 0) is 26.1 Å². The van der Waals surface area contributed by atoms with E-state index in [0.29, 0.717) is 18.8 Å². The molecule has 5 rings (SSSR count). The minimum absolute atomic E-state index is 0.102. The number of fused-ring (bicyclic) bond motifs is 2. The second kappa shape index (κ2) is 6.36. The maximum absolute atomic E-state index is 13.4. The number of anilines is 1. The van der Waals surface area contributed by atoms with Crippen molar-refractivity contribution in [3.8, 4) is 0 Å². The molecular weight excluding hydrogens is 370 g/mol. The highest BCUT2D eigenvalue weighted by molar-refractivity contribution is 5.93. The summed E-state index contributed by atoms with van der Waals surface area (Å²) in [6, 6.07) is 1.92. The molecule has 0 radical (unpaired) electrons. The van der Waals surface area contributed by atoms with E-state index in [-0.39, 0.29) is 5.91 Å². The van der Waals surface area contributed by atoms with Crippen LogP contribution in [0.1, 0.15) is 34.1 Å². The zero-order valence-electron chi connectivity index (χ0n) is 16.8. The lowest BCUT2D eigenvalue weighted by atomic mass is 9.85. The molecule has 2 aliphatic rings. The number of aryl methyl sites for hydroxylation is 3. The fraction of sp³-hybridized carbons (Fsp3) is 0.474. The predicted molar refractivity (Wildman–Crippen MR) is 104 cm³/mol. The van der Waals surface area contributed by atoms with Gasteiger partial charge in [-0.1, -0.05) is 5.21 Å². The molecule has 2 aliphatic heterocycles. The van der Waals surface area contributed by atoms with E-state index in [1.807, 2.05) is 31.3 Å². The molecule has 150 valence electrons. The van der Waals surface area contributed by atoms with Crippen LogP contribution in [0.3, 0.4) is 0 Å². The van der Waals surface area contributed by atoms with Crippen molar-refractivity contribution in [2.24, 2.45) is 14.1 Å². The quantitative estimate of drug-likeness (QED) is 0.623. The molecule has 1 saturated heterocycles. The highest BCUT2D eigenvalue weighted by atomic mass is 16.2. The predicted octanol–water partition coefficient (Wildman–Crippen LogP) is 0.451. The standard InChI is InChI=1S/C19H23N9O/c1-13-20-7-4-16(22-13)27-9-6-19(11-27)17-15(25(2)12-21-17)5-8-28(19)18(29)14-10-26(3)24-23-14/h4,7,10,12H,5-6,8-9,11H2,1-3H3. The van der Waals surface area contributed by atoms with Gasteiger partial charge in [0.2, 0.25) is 0 Å². The number of rotatable bonds is 2. The number of carbonyl (C=O) groups is 1. The van der Waals surface area contributed by atoms with Gasteiger partial charge < -0.3 is 14.4 Å². The number of nitrogens with zero attached hydrogens (tertiary/aromatic N) is 9. The Labute approximate surface area is 168 Å². The Morgan fingerprint density at radius 1 is 1.21 bits per heavy atom. The molecule has 1 spiro atoms. The van der Waals surface area contributed by atoms with Crippen LogP contribution >= 0.6 is 0 Å². The van der Waals surface area contributed by atoms with E-state index in [2.05, 4.69) is 29.7 Å². The summed E-state index contributed by atoms with van der Waals surface area (Å²) in [4.78, 5) is 31.1. The first-order valence-electron chi connectivity index (χ1n) is 9.71.